The molecule has 156 valence electrons. The van der Waals surface area contributed by atoms with Crippen LogP contribution in [0.1, 0.15) is 57.4 Å². The normalized spacial score (nSPS) is 24.8. The Bertz CT molecular complexity index is 819. The summed E-state index contributed by atoms with van der Waals surface area (Å²) in [5.41, 5.74) is -0.665. The van der Waals surface area contributed by atoms with Gasteiger partial charge in [-0.3, -0.25) is 14.5 Å². The lowest BCUT2D eigenvalue weighted by Gasteiger charge is -2.23. The Balaban J connectivity index is 1.43. The van der Waals surface area contributed by atoms with Crippen LogP contribution in [0.4, 0.5) is 4.79 Å². The third-order valence-electron chi connectivity index (χ3n) is 6.00. The number of nitrogens with zero attached hydrogens (tertiary/aromatic N) is 1. The van der Waals surface area contributed by atoms with E-state index in [1.54, 1.807) is 25.1 Å². The summed E-state index contributed by atoms with van der Waals surface area (Å²) in [5.74, 6) is 0.388. The first kappa shape index (κ1) is 19.5. The lowest BCUT2D eigenvalue weighted by Crippen LogP contribution is -2.45. The smallest absolute Gasteiger partial charge is 0.325 e. The molecule has 1 saturated heterocycles. The summed E-state index contributed by atoms with van der Waals surface area (Å²) in [6.45, 7) is 1.49. The van der Waals surface area contributed by atoms with Crippen molar-refractivity contribution in [3.8, 4) is 11.5 Å². The van der Waals surface area contributed by atoms with E-state index in [0.717, 1.165) is 30.6 Å². The molecule has 8 nitrogen and oxygen atoms in total. The first-order valence-electron chi connectivity index (χ1n) is 10.3. The highest BCUT2D eigenvalue weighted by molar-refractivity contribution is 6.09. The van der Waals surface area contributed by atoms with Crippen LogP contribution in [0.3, 0.4) is 0 Å². The molecule has 2 N–H and O–H groups in total. The van der Waals surface area contributed by atoms with E-state index < -0.39 is 17.5 Å². The Kier molecular flexibility index (Phi) is 5.34. The fourth-order valence-electron chi connectivity index (χ4n) is 4.26. The second-order valence-corrected chi connectivity index (χ2v) is 8.12. The van der Waals surface area contributed by atoms with Crippen molar-refractivity contribution in [3.63, 3.8) is 0 Å². The predicted molar refractivity (Wildman–Crippen MR) is 104 cm³/mol. The van der Waals surface area contributed by atoms with Gasteiger partial charge in [0.05, 0.1) is 0 Å². The zero-order valence-corrected chi connectivity index (χ0v) is 16.7. The molecule has 3 aliphatic rings. The predicted octanol–water partition coefficient (Wildman–Crippen LogP) is 2.41. The maximum Gasteiger partial charge on any atom is 0.325 e. The van der Waals surface area contributed by atoms with E-state index in [0.29, 0.717) is 17.1 Å². The van der Waals surface area contributed by atoms with Gasteiger partial charge in [0.2, 0.25) is 12.7 Å². The monoisotopic (exact) mass is 401 g/mol. The van der Waals surface area contributed by atoms with Crippen molar-refractivity contribution in [2.45, 2.75) is 63.5 Å². The number of nitrogens with one attached hydrogen (secondary N) is 2. The molecule has 29 heavy (non-hydrogen) atoms. The van der Waals surface area contributed by atoms with Gasteiger partial charge in [0.1, 0.15) is 12.1 Å². The fourth-order valence-corrected chi connectivity index (χ4v) is 4.26. The van der Waals surface area contributed by atoms with E-state index in [1.807, 2.05) is 0 Å². The van der Waals surface area contributed by atoms with Crippen molar-refractivity contribution >= 4 is 17.8 Å². The van der Waals surface area contributed by atoms with Crippen molar-refractivity contribution < 1.29 is 23.9 Å². The van der Waals surface area contributed by atoms with E-state index in [1.165, 1.54) is 19.3 Å². The molecular formula is C21H27N3O5. The van der Waals surface area contributed by atoms with Crippen LogP contribution in [0.5, 0.6) is 11.5 Å². The number of fused-ring (bicyclic) bond motifs is 1. The quantitative estimate of drug-likeness (QED) is 0.755. The van der Waals surface area contributed by atoms with Gasteiger partial charge >= 0.3 is 6.03 Å². The maximum absolute atomic E-state index is 13.1. The van der Waals surface area contributed by atoms with E-state index in [-0.39, 0.29) is 25.3 Å². The Morgan fingerprint density at radius 2 is 1.83 bits per heavy atom. The molecule has 1 aromatic carbocycles. The van der Waals surface area contributed by atoms with Gasteiger partial charge in [0.25, 0.3) is 5.91 Å². The number of urea groups is 1. The van der Waals surface area contributed by atoms with E-state index in [4.69, 9.17) is 9.47 Å². The highest BCUT2D eigenvalue weighted by Gasteiger charge is 2.50. The summed E-state index contributed by atoms with van der Waals surface area (Å²) in [6, 6.07) is 4.68. The number of carbonyl (C=O) groups excluding carboxylic acids is 3. The van der Waals surface area contributed by atoms with Crippen LogP contribution in [-0.2, 0) is 15.1 Å². The largest absolute Gasteiger partial charge is 0.454 e. The zero-order valence-electron chi connectivity index (χ0n) is 16.7. The molecule has 0 aromatic heterocycles. The van der Waals surface area contributed by atoms with Gasteiger partial charge in [0.15, 0.2) is 11.5 Å². The van der Waals surface area contributed by atoms with Crippen molar-refractivity contribution in [2.75, 3.05) is 13.3 Å². The summed E-state index contributed by atoms with van der Waals surface area (Å²) < 4.78 is 10.7. The third-order valence-corrected chi connectivity index (χ3v) is 6.00. The first-order valence-corrected chi connectivity index (χ1v) is 10.3. The summed E-state index contributed by atoms with van der Waals surface area (Å²) in [6.07, 6.45) is 7.70. The van der Waals surface area contributed by atoms with Gasteiger partial charge in [0, 0.05) is 6.04 Å². The Hall–Kier alpha value is -2.77. The molecule has 0 radical (unpaired) electrons. The third kappa shape index (κ3) is 3.88. The lowest BCUT2D eigenvalue weighted by atomic mass is 9.91. The topological polar surface area (TPSA) is 97.0 Å². The molecule has 4 rings (SSSR count). The molecule has 1 atom stereocenters. The molecule has 2 heterocycles. The van der Waals surface area contributed by atoms with Crippen LogP contribution in [0, 0.1) is 0 Å². The van der Waals surface area contributed by atoms with Crippen LogP contribution in [-0.4, -0.2) is 42.1 Å². The molecule has 1 saturated carbocycles. The van der Waals surface area contributed by atoms with Crippen LogP contribution in [0.25, 0.3) is 0 Å². The van der Waals surface area contributed by atoms with Crippen molar-refractivity contribution in [3.05, 3.63) is 23.8 Å². The lowest BCUT2D eigenvalue weighted by molar-refractivity contribution is -0.135. The van der Waals surface area contributed by atoms with Gasteiger partial charge in [-0.1, -0.05) is 38.2 Å². The van der Waals surface area contributed by atoms with Gasteiger partial charge in [-0.2, -0.15) is 0 Å². The number of benzene rings is 1. The minimum absolute atomic E-state index is 0.115. The number of rotatable bonds is 4. The molecule has 2 aliphatic heterocycles. The molecular weight excluding hydrogens is 374 g/mol. The summed E-state index contributed by atoms with van der Waals surface area (Å²) in [4.78, 5) is 39.1. The number of imide groups is 1. The second-order valence-electron chi connectivity index (χ2n) is 8.12. The fraction of sp³-hybridized carbons (Fsp3) is 0.571. The molecule has 0 bridgehead atoms. The van der Waals surface area contributed by atoms with Crippen LogP contribution < -0.4 is 20.1 Å². The van der Waals surface area contributed by atoms with Gasteiger partial charge in [-0.15, -0.1) is 0 Å². The molecule has 0 spiro atoms. The number of hydrogen-bond acceptors (Lipinski definition) is 5. The highest BCUT2D eigenvalue weighted by atomic mass is 16.7. The Morgan fingerprint density at radius 3 is 2.59 bits per heavy atom. The minimum atomic E-state index is -1.25. The first-order chi connectivity index (χ1) is 14.0. The molecule has 1 aliphatic carbocycles. The van der Waals surface area contributed by atoms with Crippen LogP contribution >= 0.6 is 0 Å². The van der Waals surface area contributed by atoms with Gasteiger partial charge < -0.3 is 20.1 Å². The minimum Gasteiger partial charge on any atom is -0.454 e. The van der Waals surface area contributed by atoms with Crippen molar-refractivity contribution in [2.24, 2.45) is 0 Å². The Morgan fingerprint density at radius 1 is 1.14 bits per heavy atom. The number of amides is 4. The number of ether oxygens (including phenoxy) is 2. The van der Waals surface area contributed by atoms with Crippen molar-refractivity contribution in [1.29, 1.82) is 0 Å². The summed E-state index contributed by atoms with van der Waals surface area (Å²) in [5, 5.41) is 5.73. The van der Waals surface area contributed by atoms with Gasteiger partial charge in [-0.25, -0.2) is 4.79 Å². The molecule has 1 aromatic rings. The SMILES string of the molecule is CC1(c2ccc3c(c2)OCO3)NC(=O)N(CC(=O)NC2CCCCCCC2)C1=O. The number of hydrogen-bond donors (Lipinski definition) is 2. The summed E-state index contributed by atoms with van der Waals surface area (Å²) >= 11 is 0. The molecule has 8 heteroatoms. The molecule has 1 unspecified atom stereocenters. The second kappa shape index (κ2) is 7.93. The maximum atomic E-state index is 13.1. The highest BCUT2D eigenvalue weighted by Crippen LogP contribution is 2.37. The van der Waals surface area contributed by atoms with Crippen molar-refractivity contribution in [1.82, 2.24) is 15.5 Å². The molecule has 2 fully saturated rings. The average Bonchev–Trinajstić information content (AvgIpc) is 3.22. The van der Waals surface area contributed by atoms with Crippen LogP contribution in [0.2, 0.25) is 0 Å². The average molecular weight is 401 g/mol. The number of carbonyl (C=O) groups is 3. The molecule has 4 amide bonds. The standard InChI is InChI=1S/C21H27N3O5/c1-21(14-9-10-16-17(11-14)29-13-28-16)19(26)24(20(27)23-21)12-18(25)22-15-7-5-3-2-4-6-8-15/h9-11,15H,2-8,12-13H2,1H3,(H,22,25)(H,23,27). The van der Waals surface area contributed by atoms with E-state index in [9.17, 15) is 14.4 Å². The van der Waals surface area contributed by atoms with E-state index >= 15 is 0 Å². The summed E-state index contributed by atoms with van der Waals surface area (Å²) in [7, 11) is 0. The van der Waals surface area contributed by atoms with Gasteiger partial charge in [-0.05, 0) is 37.5 Å². The van der Waals surface area contributed by atoms with Crippen LogP contribution in [0.15, 0.2) is 18.2 Å². The van der Waals surface area contributed by atoms with E-state index in [2.05, 4.69) is 10.6 Å². The zero-order chi connectivity index (χ0) is 20.4. The Labute approximate surface area is 169 Å².